The van der Waals surface area contributed by atoms with Gasteiger partial charge >= 0.3 is 0 Å². The SMILES string of the molecule is O=C(COc1ccccc1)N[C@H]1C(=O)N[C@@H]1CCC(=O)Sc1ccccc1. The van der Waals surface area contributed by atoms with Crippen LogP contribution in [0.4, 0.5) is 0 Å². The van der Waals surface area contributed by atoms with Crippen LogP contribution in [0.25, 0.3) is 0 Å². The molecule has 0 spiro atoms. The number of benzene rings is 2. The molecule has 0 aromatic heterocycles. The number of amides is 2. The molecule has 1 aliphatic rings. The Morgan fingerprint density at radius 3 is 2.37 bits per heavy atom. The lowest BCUT2D eigenvalue weighted by Gasteiger charge is -2.37. The average Bonchev–Trinajstić information content (AvgIpc) is 2.69. The van der Waals surface area contributed by atoms with Gasteiger partial charge in [0.1, 0.15) is 11.8 Å². The van der Waals surface area contributed by atoms with Gasteiger partial charge < -0.3 is 15.4 Å². The van der Waals surface area contributed by atoms with Gasteiger partial charge in [0.05, 0.1) is 6.04 Å². The molecule has 1 fully saturated rings. The Hall–Kier alpha value is -2.80. The normalized spacial score (nSPS) is 18.1. The third-order valence-electron chi connectivity index (χ3n) is 4.08. The van der Waals surface area contributed by atoms with E-state index in [4.69, 9.17) is 4.74 Å². The van der Waals surface area contributed by atoms with Crippen LogP contribution in [0.1, 0.15) is 12.8 Å². The van der Waals surface area contributed by atoms with E-state index in [0.29, 0.717) is 18.6 Å². The van der Waals surface area contributed by atoms with Crippen LogP contribution >= 0.6 is 11.8 Å². The molecule has 0 radical (unpaired) electrons. The van der Waals surface area contributed by atoms with Gasteiger partial charge in [-0.05, 0) is 30.7 Å². The number of nitrogens with one attached hydrogen (secondary N) is 2. The number of ether oxygens (including phenoxy) is 1. The van der Waals surface area contributed by atoms with Crippen molar-refractivity contribution in [1.29, 1.82) is 0 Å². The zero-order valence-electron chi connectivity index (χ0n) is 14.6. The lowest BCUT2D eigenvalue weighted by molar-refractivity contribution is -0.137. The molecule has 27 heavy (non-hydrogen) atoms. The molecule has 3 rings (SSSR count). The molecule has 2 N–H and O–H groups in total. The highest BCUT2D eigenvalue weighted by Crippen LogP contribution is 2.22. The van der Waals surface area contributed by atoms with Crippen LogP contribution < -0.4 is 15.4 Å². The molecule has 0 unspecified atom stereocenters. The molecular formula is C20H20N2O4S. The smallest absolute Gasteiger partial charge is 0.258 e. The number of carbonyl (C=O) groups is 3. The fourth-order valence-corrected chi connectivity index (χ4v) is 3.45. The lowest BCUT2D eigenvalue weighted by atomic mass is 9.94. The molecule has 2 aromatic rings. The van der Waals surface area contributed by atoms with Crippen LogP contribution in [0.2, 0.25) is 0 Å². The first kappa shape index (κ1) is 19.0. The second-order valence-electron chi connectivity index (χ2n) is 6.09. The summed E-state index contributed by atoms with van der Waals surface area (Å²) in [6, 6.07) is 17.5. The van der Waals surface area contributed by atoms with Gasteiger partial charge in [0, 0.05) is 11.3 Å². The van der Waals surface area contributed by atoms with Crippen LogP contribution in [0.3, 0.4) is 0 Å². The van der Waals surface area contributed by atoms with Gasteiger partial charge in [0.15, 0.2) is 11.7 Å². The van der Waals surface area contributed by atoms with E-state index in [1.807, 2.05) is 48.5 Å². The number of thioether (sulfide) groups is 1. The van der Waals surface area contributed by atoms with E-state index in [1.165, 1.54) is 11.8 Å². The maximum absolute atomic E-state index is 12.1. The van der Waals surface area contributed by atoms with Crippen molar-refractivity contribution in [1.82, 2.24) is 10.6 Å². The van der Waals surface area contributed by atoms with E-state index in [0.717, 1.165) is 4.90 Å². The number of rotatable bonds is 8. The highest BCUT2D eigenvalue weighted by molar-refractivity contribution is 8.13. The highest BCUT2D eigenvalue weighted by Gasteiger charge is 2.40. The molecule has 2 atom stereocenters. The lowest BCUT2D eigenvalue weighted by Crippen LogP contribution is -2.69. The van der Waals surface area contributed by atoms with Crippen molar-refractivity contribution in [2.75, 3.05) is 6.61 Å². The Balaban J connectivity index is 1.40. The summed E-state index contributed by atoms with van der Waals surface area (Å²) in [5, 5.41) is 5.43. The molecule has 6 nitrogen and oxygen atoms in total. The van der Waals surface area contributed by atoms with E-state index >= 15 is 0 Å². The summed E-state index contributed by atoms with van der Waals surface area (Å²) >= 11 is 1.18. The predicted molar refractivity (Wildman–Crippen MR) is 102 cm³/mol. The van der Waals surface area contributed by atoms with Crippen molar-refractivity contribution in [3.8, 4) is 5.75 Å². The zero-order chi connectivity index (χ0) is 19.1. The Bertz CT molecular complexity index is 798. The average molecular weight is 384 g/mol. The molecule has 1 aliphatic heterocycles. The number of hydrogen-bond donors (Lipinski definition) is 2. The standard InChI is InChI=1S/C20H20N2O4S/c23-17(13-26-14-7-3-1-4-8-14)22-19-16(21-20(19)25)11-12-18(24)27-15-9-5-2-6-10-15/h1-10,16,19H,11-13H2,(H,21,25)(H,22,23)/t16-,19-/m1/s1. The molecule has 2 amide bonds. The van der Waals surface area contributed by atoms with E-state index in [9.17, 15) is 14.4 Å². The van der Waals surface area contributed by atoms with Crippen molar-refractivity contribution in [3.05, 3.63) is 60.7 Å². The van der Waals surface area contributed by atoms with Crippen molar-refractivity contribution in [2.45, 2.75) is 29.8 Å². The molecule has 0 saturated carbocycles. The van der Waals surface area contributed by atoms with Gasteiger partial charge in [0.25, 0.3) is 5.91 Å². The molecule has 7 heteroatoms. The third-order valence-corrected chi connectivity index (χ3v) is 5.02. The maximum atomic E-state index is 12.1. The summed E-state index contributed by atoms with van der Waals surface area (Å²) in [7, 11) is 0. The van der Waals surface area contributed by atoms with E-state index in [1.54, 1.807) is 12.1 Å². The van der Waals surface area contributed by atoms with Gasteiger partial charge in [-0.1, -0.05) is 48.2 Å². The Morgan fingerprint density at radius 2 is 1.70 bits per heavy atom. The topological polar surface area (TPSA) is 84.5 Å². The summed E-state index contributed by atoms with van der Waals surface area (Å²) in [6.45, 7) is -0.163. The predicted octanol–water partition coefficient (Wildman–Crippen LogP) is 2.15. The van der Waals surface area contributed by atoms with Gasteiger partial charge in [-0.2, -0.15) is 0 Å². The first-order valence-corrected chi connectivity index (χ1v) is 9.47. The van der Waals surface area contributed by atoms with Gasteiger partial charge in [-0.25, -0.2) is 0 Å². The van der Waals surface area contributed by atoms with Crippen molar-refractivity contribution in [2.24, 2.45) is 0 Å². The van der Waals surface area contributed by atoms with Gasteiger partial charge in [0.2, 0.25) is 5.91 Å². The van der Waals surface area contributed by atoms with Gasteiger partial charge in [-0.3, -0.25) is 14.4 Å². The Labute approximate surface area is 161 Å². The van der Waals surface area contributed by atoms with Crippen LogP contribution in [0.5, 0.6) is 5.75 Å². The van der Waals surface area contributed by atoms with Crippen LogP contribution in [-0.2, 0) is 14.4 Å². The Kier molecular flexibility index (Phi) is 6.49. The first-order valence-electron chi connectivity index (χ1n) is 8.65. The molecule has 1 saturated heterocycles. The summed E-state index contributed by atoms with van der Waals surface area (Å²) in [5.74, 6) is -0.0179. The molecule has 140 valence electrons. The molecule has 0 bridgehead atoms. The summed E-state index contributed by atoms with van der Waals surface area (Å²) in [5.41, 5.74) is 0. The van der Waals surface area contributed by atoms with Crippen molar-refractivity contribution < 1.29 is 19.1 Å². The first-order chi connectivity index (χ1) is 13.1. The van der Waals surface area contributed by atoms with Crippen LogP contribution in [0, 0.1) is 0 Å². The number of carbonyl (C=O) groups excluding carboxylic acids is 3. The van der Waals surface area contributed by atoms with Crippen molar-refractivity contribution >= 4 is 28.7 Å². The summed E-state index contributed by atoms with van der Waals surface area (Å²) < 4.78 is 5.37. The number of para-hydroxylation sites is 1. The van der Waals surface area contributed by atoms with Crippen LogP contribution in [-0.4, -0.2) is 35.6 Å². The Morgan fingerprint density at radius 1 is 1.04 bits per heavy atom. The largest absolute Gasteiger partial charge is 0.484 e. The molecule has 1 heterocycles. The maximum Gasteiger partial charge on any atom is 0.258 e. The highest BCUT2D eigenvalue weighted by atomic mass is 32.2. The fourth-order valence-electron chi connectivity index (χ4n) is 2.67. The van der Waals surface area contributed by atoms with E-state index < -0.39 is 6.04 Å². The van der Waals surface area contributed by atoms with E-state index in [-0.39, 0.29) is 29.6 Å². The van der Waals surface area contributed by atoms with Gasteiger partial charge in [-0.15, -0.1) is 0 Å². The minimum atomic E-state index is -0.619. The minimum Gasteiger partial charge on any atom is -0.484 e. The van der Waals surface area contributed by atoms with E-state index in [2.05, 4.69) is 10.6 Å². The quantitative estimate of drug-likeness (QED) is 0.538. The van der Waals surface area contributed by atoms with Crippen molar-refractivity contribution in [3.63, 3.8) is 0 Å². The summed E-state index contributed by atoms with van der Waals surface area (Å²) in [4.78, 5) is 36.7. The van der Waals surface area contributed by atoms with Crippen LogP contribution in [0.15, 0.2) is 65.6 Å². The zero-order valence-corrected chi connectivity index (χ0v) is 15.4. The second-order valence-corrected chi connectivity index (χ2v) is 7.22. The monoisotopic (exact) mass is 384 g/mol. The fraction of sp³-hybridized carbons (Fsp3) is 0.250. The number of β-lactam (4-membered cyclic amide) rings is 1. The minimum absolute atomic E-state index is 0.0276. The summed E-state index contributed by atoms with van der Waals surface area (Å²) in [6.07, 6.45) is 0.798. The molecular weight excluding hydrogens is 364 g/mol. The number of hydrogen-bond acceptors (Lipinski definition) is 5. The molecule has 2 aromatic carbocycles. The second kappa shape index (κ2) is 9.23. The molecule has 0 aliphatic carbocycles. The third kappa shape index (κ3) is 5.59.